The van der Waals surface area contributed by atoms with Gasteiger partial charge in [-0.2, -0.15) is 0 Å². The van der Waals surface area contributed by atoms with E-state index in [0.29, 0.717) is 12.6 Å². The molecule has 0 aromatic carbocycles. The molecule has 0 radical (unpaired) electrons. The van der Waals surface area contributed by atoms with Gasteiger partial charge in [-0.05, 0) is 58.3 Å². The van der Waals surface area contributed by atoms with Gasteiger partial charge in [0.15, 0.2) is 0 Å². The third-order valence-electron chi connectivity index (χ3n) is 5.42. The van der Waals surface area contributed by atoms with Crippen LogP contribution in [-0.2, 0) is 9.53 Å². The fourth-order valence-electron chi connectivity index (χ4n) is 3.66. The molecule has 0 aromatic heterocycles. The van der Waals surface area contributed by atoms with Crippen LogP contribution in [0.15, 0.2) is 0 Å². The Balaban J connectivity index is 1.70. The van der Waals surface area contributed by atoms with Crippen molar-refractivity contribution in [3.05, 3.63) is 0 Å². The molecule has 1 aliphatic heterocycles. The minimum atomic E-state index is -0.340. The number of likely N-dealkylation sites (tertiary alicyclic amines) is 1. The lowest BCUT2D eigenvalue weighted by Crippen LogP contribution is -2.53. The highest BCUT2D eigenvalue weighted by Gasteiger charge is 2.29. The number of hydrogen-bond donors (Lipinski definition) is 2. The van der Waals surface area contributed by atoms with Crippen LogP contribution in [0, 0.1) is 5.92 Å². The maximum Gasteiger partial charge on any atom is 0.407 e. The smallest absolute Gasteiger partial charge is 0.407 e. The van der Waals surface area contributed by atoms with Crippen LogP contribution in [0.5, 0.6) is 0 Å². The van der Waals surface area contributed by atoms with E-state index in [-0.39, 0.29) is 24.1 Å². The summed E-state index contributed by atoms with van der Waals surface area (Å²) in [5, 5.41) is 6.12. The molecule has 2 aliphatic rings. The number of nitrogens with one attached hydrogen (secondary N) is 2. The van der Waals surface area contributed by atoms with Gasteiger partial charge < -0.3 is 15.4 Å². The van der Waals surface area contributed by atoms with Crippen LogP contribution >= 0.6 is 0 Å². The zero-order valence-corrected chi connectivity index (χ0v) is 15.3. The summed E-state index contributed by atoms with van der Waals surface area (Å²) in [5.74, 6) is 0.938. The normalized spacial score (nSPS) is 27.3. The highest BCUT2D eigenvalue weighted by Crippen LogP contribution is 2.23. The van der Waals surface area contributed by atoms with Gasteiger partial charge in [0.05, 0.1) is 12.6 Å². The zero-order chi connectivity index (χ0) is 17.5. The lowest BCUT2D eigenvalue weighted by molar-refractivity contribution is -0.127. The minimum absolute atomic E-state index is 0.104. The van der Waals surface area contributed by atoms with E-state index < -0.39 is 0 Å². The van der Waals surface area contributed by atoms with E-state index >= 15 is 0 Å². The Hall–Kier alpha value is -1.30. The van der Waals surface area contributed by atoms with Crippen molar-refractivity contribution >= 4 is 12.0 Å². The van der Waals surface area contributed by atoms with Crippen molar-refractivity contribution in [2.75, 3.05) is 19.7 Å². The van der Waals surface area contributed by atoms with E-state index in [1.54, 1.807) is 6.92 Å². The number of nitrogens with zero attached hydrogens (tertiary/aromatic N) is 1. The van der Waals surface area contributed by atoms with Crippen molar-refractivity contribution in [2.24, 2.45) is 5.92 Å². The van der Waals surface area contributed by atoms with Crippen LogP contribution in [0.25, 0.3) is 0 Å². The largest absolute Gasteiger partial charge is 0.450 e. The number of amides is 2. The third-order valence-corrected chi connectivity index (χ3v) is 5.42. The van der Waals surface area contributed by atoms with Gasteiger partial charge in [-0.25, -0.2) is 4.79 Å². The second-order valence-corrected chi connectivity index (χ2v) is 7.32. The SMILES string of the molecule is CCOC(=O)NC1CCN(C(C)C(=O)NC2CCC(C)CC2)CC1. The van der Waals surface area contributed by atoms with Crippen molar-refractivity contribution in [1.29, 1.82) is 0 Å². The van der Waals surface area contributed by atoms with Gasteiger partial charge in [-0.3, -0.25) is 9.69 Å². The van der Waals surface area contributed by atoms with Crippen molar-refractivity contribution in [1.82, 2.24) is 15.5 Å². The Morgan fingerprint density at radius 1 is 1.04 bits per heavy atom. The molecule has 6 heteroatoms. The van der Waals surface area contributed by atoms with Gasteiger partial charge in [0.1, 0.15) is 0 Å². The summed E-state index contributed by atoms with van der Waals surface area (Å²) < 4.78 is 4.92. The molecular formula is C18H33N3O3. The summed E-state index contributed by atoms with van der Waals surface area (Å²) in [5.41, 5.74) is 0. The summed E-state index contributed by atoms with van der Waals surface area (Å²) in [6, 6.07) is 0.391. The van der Waals surface area contributed by atoms with Crippen LogP contribution in [0.3, 0.4) is 0 Å². The lowest BCUT2D eigenvalue weighted by Gasteiger charge is -2.36. The highest BCUT2D eigenvalue weighted by atomic mass is 16.5. The zero-order valence-electron chi connectivity index (χ0n) is 15.3. The van der Waals surface area contributed by atoms with Gasteiger partial charge in [-0.1, -0.05) is 6.92 Å². The minimum Gasteiger partial charge on any atom is -0.450 e. The van der Waals surface area contributed by atoms with Gasteiger partial charge in [0.25, 0.3) is 0 Å². The first-order valence-electron chi connectivity index (χ1n) is 9.47. The molecule has 0 spiro atoms. The van der Waals surface area contributed by atoms with Crippen LogP contribution in [0.1, 0.15) is 59.3 Å². The molecule has 2 N–H and O–H groups in total. The molecule has 1 atom stereocenters. The Labute approximate surface area is 145 Å². The molecule has 0 bridgehead atoms. The van der Waals surface area contributed by atoms with Gasteiger partial charge >= 0.3 is 6.09 Å². The van der Waals surface area contributed by atoms with Crippen LogP contribution in [0.2, 0.25) is 0 Å². The topological polar surface area (TPSA) is 70.7 Å². The Morgan fingerprint density at radius 2 is 1.62 bits per heavy atom. The van der Waals surface area contributed by atoms with Crippen molar-refractivity contribution in [3.8, 4) is 0 Å². The number of rotatable bonds is 5. The van der Waals surface area contributed by atoms with E-state index in [9.17, 15) is 9.59 Å². The average molecular weight is 339 g/mol. The molecule has 1 heterocycles. The fraction of sp³-hybridized carbons (Fsp3) is 0.889. The molecule has 1 saturated carbocycles. The van der Waals surface area contributed by atoms with Crippen LogP contribution in [-0.4, -0.2) is 54.7 Å². The number of alkyl carbamates (subject to hydrolysis) is 1. The number of ether oxygens (including phenoxy) is 1. The maximum atomic E-state index is 12.5. The predicted molar refractivity (Wildman–Crippen MR) is 93.8 cm³/mol. The standard InChI is InChI=1S/C18H33N3O3/c1-4-24-18(23)20-16-9-11-21(12-10-16)14(3)17(22)19-15-7-5-13(2)6-8-15/h13-16H,4-12H2,1-3H3,(H,19,22)(H,20,23). The lowest BCUT2D eigenvalue weighted by atomic mass is 9.87. The van der Waals surface area contributed by atoms with Gasteiger partial charge in [0.2, 0.25) is 5.91 Å². The second-order valence-electron chi connectivity index (χ2n) is 7.32. The van der Waals surface area contributed by atoms with E-state index in [0.717, 1.165) is 44.7 Å². The van der Waals surface area contributed by atoms with E-state index in [4.69, 9.17) is 4.74 Å². The number of piperidine rings is 1. The molecule has 138 valence electrons. The molecule has 0 aromatic rings. The quantitative estimate of drug-likeness (QED) is 0.806. The summed E-state index contributed by atoms with van der Waals surface area (Å²) in [6.45, 7) is 8.12. The van der Waals surface area contributed by atoms with E-state index in [2.05, 4.69) is 22.5 Å². The molecule has 6 nitrogen and oxygen atoms in total. The summed E-state index contributed by atoms with van der Waals surface area (Å²) in [6.07, 6.45) is 6.01. The highest BCUT2D eigenvalue weighted by molar-refractivity contribution is 5.81. The van der Waals surface area contributed by atoms with Crippen LogP contribution in [0.4, 0.5) is 4.79 Å². The van der Waals surface area contributed by atoms with Crippen molar-refractivity contribution in [2.45, 2.75) is 77.4 Å². The molecule has 2 fully saturated rings. The van der Waals surface area contributed by atoms with Gasteiger partial charge in [-0.15, -0.1) is 0 Å². The van der Waals surface area contributed by atoms with Crippen molar-refractivity contribution < 1.29 is 14.3 Å². The molecular weight excluding hydrogens is 306 g/mol. The number of carbonyl (C=O) groups excluding carboxylic acids is 2. The summed E-state index contributed by atoms with van der Waals surface area (Å²) in [7, 11) is 0. The number of carbonyl (C=O) groups is 2. The third kappa shape index (κ3) is 5.65. The Bertz CT molecular complexity index is 414. The summed E-state index contributed by atoms with van der Waals surface area (Å²) >= 11 is 0. The fourth-order valence-corrected chi connectivity index (χ4v) is 3.66. The Kier molecular flexibility index (Phi) is 7.34. The van der Waals surface area contributed by atoms with E-state index in [1.807, 2.05) is 6.92 Å². The monoisotopic (exact) mass is 339 g/mol. The first-order valence-corrected chi connectivity index (χ1v) is 9.47. The molecule has 1 saturated heterocycles. The maximum absolute atomic E-state index is 12.5. The first kappa shape index (κ1) is 19.0. The summed E-state index contributed by atoms with van der Waals surface area (Å²) in [4.78, 5) is 26.2. The number of hydrogen-bond acceptors (Lipinski definition) is 4. The van der Waals surface area contributed by atoms with E-state index in [1.165, 1.54) is 12.8 Å². The molecule has 1 aliphatic carbocycles. The Morgan fingerprint density at radius 3 is 2.21 bits per heavy atom. The van der Waals surface area contributed by atoms with Crippen LogP contribution < -0.4 is 10.6 Å². The average Bonchev–Trinajstić information content (AvgIpc) is 2.57. The second kappa shape index (κ2) is 9.25. The molecule has 1 unspecified atom stereocenters. The molecule has 2 rings (SSSR count). The first-order chi connectivity index (χ1) is 11.5. The predicted octanol–water partition coefficient (Wildman–Crippen LogP) is 2.28. The molecule has 2 amide bonds. The van der Waals surface area contributed by atoms with Gasteiger partial charge in [0, 0.05) is 25.2 Å². The molecule has 24 heavy (non-hydrogen) atoms. The van der Waals surface area contributed by atoms with Crippen molar-refractivity contribution in [3.63, 3.8) is 0 Å².